The van der Waals surface area contributed by atoms with Crippen LogP contribution < -0.4 is 5.48 Å². The van der Waals surface area contributed by atoms with Gasteiger partial charge in [0.25, 0.3) is 0 Å². The van der Waals surface area contributed by atoms with Gasteiger partial charge in [0.1, 0.15) is 5.82 Å². The predicted molar refractivity (Wildman–Crippen MR) is 50.8 cm³/mol. The fourth-order valence-corrected chi connectivity index (χ4v) is 0.908. The Labute approximate surface area is 78.9 Å². The first-order valence-electron chi connectivity index (χ1n) is 4.51. The highest BCUT2D eigenvalue weighted by Gasteiger charge is 1.98. The van der Waals surface area contributed by atoms with Crippen molar-refractivity contribution in [2.75, 3.05) is 6.61 Å². The predicted octanol–water partition coefficient (Wildman–Crippen LogP) is 1.10. The number of hydrogen-bond donors (Lipinski definition) is 1. The maximum Gasteiger partial charge on any atom is 0.124 e. The van der Waals surface area contributed by atoms with Crippen LogP contribution in [0.4, 0.5) is 0 Å². The minimum absolute atomic E-state index is 0.550. The Morgan fingerprint density at radius 2 is 2.38 bits per heavy atom. The number of aromatic nitrogens is 2. The third kappa shape index (κ3) is 3.57. The van der Waals surface area contributed by atoms with Gasteiger partial charge in [0.15, 0.2) is 0 Å². The molecule has 1 aromatic rings. The molecule has 4 nitrogen and oxygen atoms in total. The number of hydrogen-bond acceptors (Lipinski definition) is 3. The highest BCUT2D eigenvalue weighted by atomic mass is 16.6. The lowest BCUT2D eigenvalue weighted by Crippen LogP contribution is -2.19. The van der Waals surface area contributed by atoms with Crippen LogP contribution in [0.25, 0.3) is 0 Å². The zero-order chi connectivity index (χ0) is 9.68. The summed E-state index contributed by atoms with van der Waals surface area (Å²) in [6.07, 6.45) is 3.69. The molecule has 0 saturated heterocycles. The van der Waals surface area contributed by atoms with E-state index in [2.05, 4.69) is 24.3 Å². The lowest BCUT2D eigenvalue weighted by molar-refractivity contribution is 0.0180. The van der Waals surface area contributed by atoms with Gasteiger partial charge in [0.2, 0.25) is 0 Å². The molecule has 13 heavy (non-hydrogen) atoms. The van der Waals surface area contributed by atoms with Crippen LogP contribution in [0.5, 0.6) is 0 Å². The highest BCUT2D eigenvalue weighted by molar-refractivity contribution is 4.89. The van der Waals surface area contributed by atoms with E-state index in [-0.39, 0.29) is 0 Å². The Kier molecular flexibility index (Phi) is 3.92. The second-order valence-electron chi connectivity index (χ2n) is 3.48. The number of rotatable bonds is 5. The summed E-state index contributed by atoms with van der Waals surface area (Å²) in [6.45, 7) is 5.60. The van der Waals surface area contributed by atoms with Crippen LogP contribution in [-0.2, 0) is 18.4 Å². The summed E-state index contributed by atoms with van der Waals surface area (Å²) in [5.41, 5.74) is 2.88. The molecule has 0 saturated carbocycles. The van der Waals surface area contributed by atoms with Crippen molar-refractivity contribution in [1.82, 2.24) is 15.0 Å². The standard InChI is InChI=1S/C9H17N3O/c1-8(2)7-13-11-6-9-10-4-5-12(9)3/h4-5,8,11H,6-7H2,1-3H3. The molecular formula is C9H17N3O. The molecule has 0 aliphatic heterocycles. The maximum atomic E-state index is 5.22. The highest BCUT2D eigenvalue weighted by Crippen LogP contribution is 1.94. The molecule has 0 unspecified atom stereocenters. The molecule has 0 fully saturated rings. The minimum atomic E-state index is 0.550. The molecule has 1 N–H and O–H groups in total. The number of imidazole rings is 1. The van der Waals surface area contributed by atoms with Crippen molar-refractivity contribution < 1.29 is 4.84 Å². The molecule has 0 aliphatic carbocycles. The molecule has 1 rings (SSSR count). The quantitative estimate of drug-likeness (QED) is 0.549. The molecule has 0 aromatic carbocycles. The summed E-state index contributed by atoms with van der Waals surface area (Å²) in [6, 6.07) is 0. The molecule has 0 bridgehead atoms. The Bertz CT molecular complexity index is 245. The van der Waals surface area contributed by atoms with E-state index in [0.717, 1.165) is 12.4 Å². The van der Waals surface area contributed by atoms with Gasteiger partial charge in [0.05, 0.1) is 13.2 Å². The van der Waals surface area contributed by atoms with Crippen molar-refractivity contribution in [3.8, 4) is 0 Å². The van der Waals surface area contributed by atoms with Crippen LogP contribution >= 0.6 is 0 Å². The Morgan fingerprint density at radius 1 is 1.62 bits per heavy atom. The molecule has 0 aliphatic rings. The number of hydroxylamine groups is 1. The van der Waals surface area contributed by atoms with Crippen molar-refractivity contribution in [2.24, 2.45) is 13.0 Å². The number of aryl methyl sites for hydroxylation is 1. The molecule has 0 radical (unpaired) electrons. The number of nitrogens with zero attached hydrogens (tertiary/aromatic N) is 2. The van der Waals surface area contributed by atoms with Crippen molar-refractivity contribution in [3.63, 3.8) is 0 Å². The molecule has 0 amide bonds. The molecule has 0 atom stereocenters. The van der Waals surface area contributed by atoms with Crippen molar-refractivity contribution >= 4 is 0 Å². The fraction of sp³-hybridized carbons (Fsp3) is 0.667. The van der Waals surface area contributed by atoms with Crippen LogP contribution in [-0.4, -0.2) is 16.2 Å². The second-order valence-corrected chi connectivity index (χ2v) is 3.48. The normalized spacial score (nSPS) is 11.1. The Morgan fingerprint density at radius 3 is 2.92 bits per heavy atom. The van der Waals surface area contributed by atoms with Gasteiger partial charge in [-0.2, -0.15) is 5.48 Å². The fourth-order valence-electron chi connectivity index (χ4n) is 0.908. The van der Waals surface area contributed by atoms with Gasteiger partial charge >= 0.3 is 0 Å². The van der Waals surface area contributed by atoms with Gasteiger partial charge in [-0.3, -0.25) is 0 Å². The lowest BCUT2D eigenvalue weighted by Gasteiger charge is -2.07. The summed E-state index contributed by atoms with van der Waals surface area (Å²) in [5.74, 6) is 1.53. The maximum absolute atomic E-state index is 5.22. The average molecular weight is 183 g/mol. The summed E-state index contributed by atoms with van der Waals surface area (Å²) >= 11 is 0. The zero-order valence-electron chi connectivity index (χ0n) is 8.45. The van der Waals surface area contributed by atoms with E-state index in [4.69, 9.17) is 4.84 Å². The molecule has 74 valence electrons. The van der Waals surface area contributed by atoms with E-state index in [0.29, 0.717) is 12.5 Å². The van der Waals surface area contributed by atoms with Gasteiger partial charge in [-0.05, 0) is 5.92 Å². The molecule has 4 heteroatoms. The zero-order valence-corrected chi connectivity index (χ0v) is 8.45. The van der Waals surface area contributed by atoms with Crippen LogP contribution in [0.1, 0.15) is 19.7 Å². The van der Waals surface area contributed by atoms with Crippen LogP contribution in [0, 0.1) is 5.92 Å². The molecule has 0 spiro atoms. The third-order valence-corrected chi connectivity index (χ3v) is 1.67. The smallest absolute Gasteiger partial charge is 0.124 e. The summed E-state index contributed by atoms with van der Waals surface area (Å²) in [7, 11) is 1.96. The monoisotopic (exact) mass is 183 g/mol. The first-order valence-corrected chi connectivity index (χ1v) is 4.51. The largest absolute Gasteiger partial charge is 0.337 e. The Hall–Kier alpha value is -0.870. The first-order chi connectivity index (χ1) is 6.20. The topological polar surface area (TPSA) is 39.1 Å². The van der Waals surface area contributed by atoms with E-state index in [1.165, 1.54) is 0 Å². The van der Waals surface area contributed by atoms with E-state index in [9.17, 15) is 0 Å². The molecular weight excluding hydrogens is 166 g/mol. The van der Waals surface area contributed by atoms with E-state index in [1.807, 2.05) is 17.8 Å². The molecule has 1 aromatic heterocycles. The lowest BCUT2D eigenvalue weighted by atomic mass is 10.2. The van der Waals surface area contributed by atoms with E-state index < -0.39 is 0 Å². The SMILES string of the molecule is CC(C)CONCc1nccn1C. The Balaban J connectivity index is 2.17. The number of nitrogens with one attached hydrogen (secondary N) is 1. The molecule has 1 heterocycles. The first kappa shape index (κ1) is 10.2. The van der Waals surface area contributed by atoms with Crippen molar-refractivity contribution in [3.05, 3.63) is 18.2 Å². The van der Waals surface area contributed by atoms with Crippen LogP contribution in [0.2, 0.25) is 0 Å². The minimum Gasteiger partial charge on any atom is -0.337 e. The summed E-state index contributed by atoms with van der Waals surface area (Å²) < 4.78 is 1.96. The average Bonchev–Trinajstić information content (AvgIpc) is 2.45. The summed E-state index contributed by atoms with van der Waals surface area (Å²) in [5, 5.41) is 0. The van der Waals surface area contributed by atoms with Crippen LogP contribution in [0.3, 0.4) is 0 Å². The van der Waals surface area contributed by atoms with Gasteiger partial charge < -0.3 is 9.40 Å². The van der Waals surface area contributed by atoms with Crippen LogP contribution in [0.15, 0.2) is 12.4 Å². The van der Waals surface area contributed by atoms with Gasteiger partial charge in [-0.1, -0.05) is 13.8 Å². The van der Waals surface area contributed by atoms with E-state index >= 15 is 0 Å². The third-order valence-electron chi connectivity index (χ3n) is 1.67. The van der Waals surface area contributed by atoms with E-state index in [1.54, 1.807) is 6.20 Å². The van der Waals surface area contributed by atoms with Gasteiger partial charge in [-0.15, -0.1) is 0 Å². The second kappa shape index (κ2) is 4.99. The van der Waals surface area contributed by atoms with Crippen molar-refractivity contribution in [1.29, 1.82) is 0 Å². The van der Waals surface area contributed by atoms with Gasteiger partial charge in [0, 0.05) is 19.4 Å². The summed E-state index contributed by atoms with van der Waals surface area (Å²) in [4.78, 5) is 9.37. The van der Waals surface area contributed by atoms with Gasteiger partial charge in [-0.25, -0.2) is 4.98 Å². The van der Waals surface area contributed by atoms with Crippen molar-refractivity contribution in [2.45, 2.75) is 20.4 Å².